The maximum atomic E-state index is 13.4. The highest BCUT2D eigenvalue weighted by Gasteiger charge is 2.44. The molecule has 1 heterocycles. The highest BCUT2D eigenvalue weighted by Crippen LogP contribution is 2.43. The minimum Gasteiger partial charge on any atom is -0.381 e. The van der Waals surface area contributed by atoms with Gasteiger partial charge in [-0.15, -0.1) is 0 Å². The van der Waals surface area contributed by atoms with Gasteiger partial charge in [0.2, 0.25) is 10.0 Å². The van der Waals surface area contributed by atoms with E-state index < -0.39 is 23.7 Å². The van der Waals surface area contributed by atoms with Crippen molar-refractivity contribution in [3.8, 4) is 0 Å². The first kappa shape index (κ1) is 23.9. The molecule has 168 valence electrons. The Labute approximate surface area is 188 Å². The summed E-state index contributed by atoms with van der Waals surface area (Å²) in [5, 5.41) is 11.9. The molecule has 0 spiro atoms. The van der Waals surface area contributed by atoms with E-state index in [1.54, 1.807) is 12.1 Å². The molecule has 6 heteroatoms. The Morgan fingerprint density at radius 1 is 1.03 bits per heavy atom. The Hall–Kier alpha value is -1.73. The lowest BCUT2D eigenvalue weighted by Gasteiger charge is -2.43. The number of benzene rings is 2. The van der Waals surface area contributed by atoms with Gasteiger partial charge >= 0.3 is 0 Å². The van der Waals surface area contributed by atoms with Crippen molar-refractivity contribution in [2.45, 2.75) is 62.7 Å². The van der Waals surface area contributed by atoms with E-state index in [2.05, 4.69) is 39.6 Å². The maximum Gasteiger partial charge on any atom is 0.243 e. The predicted molar refractivity (Wildman–Crippen MR) is 130 cm³/mol. The lowest BCUT2D eigenvalue weighted by molar-refractivity contribution is 0.0402. The van der Waals surface area contributed by atoms with Crippen molar-refractivity contribution < 1.29 is 13.5 Å². The number of hydrogen-bond donors (Lipinski definition) is 1. The van der Waals surface area contributed by atoms with Gasteiger partial charge in [0.25, 0.3) is 0 Å². The van der Waals surface area contributed by atoms with Crippen molar-refractivity contribution in [3.63, 3.8) is 0 Å². The average molecular weight is 458 g/mol. The van der Waals surface area contributed by atoms with Gasteiger partial charge in [-0.2, -0.15) is 4.31 Å². The zero-order valence-corrected chi connectivity index (χ0v) is 21.3. The minimum absolute atomic E-state index is 0.0791. The van der Waals surface area contributed by atoms with Gasteiger partial charge in [-0.25, -0.2) is 8.42 Å². The standard InChI is InChI=1S/C25H35NO3SSi/c1-20-12-14-23(15-13-20)30(28,29)26-17-16-25(27,21-10-8-7-9-11-21)22(18-26)19-31(5,6)24(2,3)4/h7-15,19,27H,16-18H2,1-6H3/b22-19+. The van der Waals surface area contributed by atoms with Crippen LogP contribution in [0.5, 0.6) is 0 Å². The number of rotatable bonds is 4. The zero-order valence-electron chi connectivity index (χ0n) is 19.5. The van der Waals surface area contributed by atoms with Crippen molar-refractivity contribution >= 4 is 18.1 Å². The van der Waals surface area contributed by atoms with Crippen LogP contribution in [0.1, 0.15) is 38.3 Å². The third kappa shape index (κ3) is 4.72. The van der Waals surface area contributed by atoms with Crippen LogP contribution < -0.4 is 0 Å². The van der Waals surface area contributed by atoms with Crippen LogP contribution in [-0.2, 0) is 15.6 Å². The van der Waals surface area contributed by atoms with Crippen LogP contribution in [0.25, 0.3) is 0 Å². The molecule has 31 heavy (non-hydrogen) atoms. The molecule has 1 N–H and O–H groups in total. The summed E-state index contributed by atoms with van der Waals surface area (Å²) in [5.74, 6) is 0. The molecular weight excluding hydrogens is 422 g/mol. The molecule has 4 nitrogen and oxygen atoms in total. The molecule has 0 amide bonds. The van der Waals surface area contributed by atoms with Gasteiger partial charge in [-0.3, -0.25) is 0 Å². The van der Waals surface area contributed by atoms with Crippen molar-refractivity contribution in [1.82, 2.24) is 4.31 Å². The summed E-state index contributed by atoms with van der Waals surface area (Å²) < 4.78 is 28.3. The molecule has 2 aromatic carbocycles. The van der Waals surface area contributed by atoms with Crippen LogP contribution in [0.4, 0.5) is 0 Å². The Morgan fingerprint density at radius 2 is 1.61 bits per heavy atom. The number of hydrogen-bond acceptors (Lipinski definition) is 3. The quantitative estimate of drug-likeness (QED) is 0.638. The van der Waals surface area contributed by atoms with Gasteiger partial charge < -0.3 is 5.11 Å². The van der Waals surface area contributed by atoms with Crippen molar-refractivity contribution in [2.75, 3.05) is 13.1 Å². The molecule has 1 aliphatic rings. The van der Waals surface area contributed by atoms with Gasteiger partial charge in [-0.1, -0.05) is 87.6 Å². The maximum absolute atomic E-state index is 13.4. The third-order valence-electron chi connectivity index (χ3n) is 6.98. The van der Waals surface area contributed by atoms with E-state index in [0.29, 0.717) is 11.3 Å². The van der Waals surface area contributed by atoms with Crippen molar-refractivity contribution in [2.24, 2.45) is 0 Å². The third-order valence-corrected chi connectivity index (χ3v) is 13.8. The van der Waals surface area contributed by atoms with Gasteiger partial charge in [0.05, 0.1) is 13.0 Å². The van der Waals surface area contributed by atoms with Crippen LogP contribution in [0.2, 0.25) is 18.1 Å². The monoisotopic (exact) mass is 457 g/mol. The molecule has 0 aliphatic carbocycles. The lowest BCUT2D eigenvalue weighted by Crippen LogP contribution is -2.48. The molecule has 1 unspecified atom stereocenters. The smallest absolute Gasteiger partial charge is 0.243 e. The Kier molecular flexibility index (Phi) is 6.42. The number of aryl methyl sites for hydroxylation is 1. The van der Waals surface area contributed by atoms with E-state index in [9.17, 15) is 13.5 Å². The fourth-order valence-electron chi connectivity index (χ4n) is 3.77. The second-order valence-electron chi connectivity index (χ2n) is 10.3. The molecule has 0 saturated carbocycles. The molecule has 2 aromatic rings. The van der Waals surface area contributed by atoms with Gasteiger partial charge in [0.1, 0.15) is 5.60 Å². The number of nitrogens with zero attached hydrogens (tertiary/aromatic N) is 1. The Morgan fingerprint density at radius 3 is 2.16 bits per heavy atom. The van der Waals surface area contributed by atoms with E-state index in [1.165, 1.54) is 4.31 Å². The molecule has 1 atom stereocenters. The fraction of sp³-hybridized carbons (Fsp3) is 0.440. The first-order chi connectivity index (χ1) is 14.3. The molecule has 1 saturated heterocycles. The number of sulfonamides is 1. The van der Waals surface area contributed by atoms with Crippen LogP contribution in [0.15, 0.2) is 70.8 Å². The fourth-order valence-corrected chi connectivity index (χ4v) is 6.83. The van der Waals surface area contributed by atoms with E-state index in [4.69, 9.17) is 0 Å². The highest BCUT2D eigenvalue weighted by atomic mass is 32.2. The molecule has 0 aromatic heterocycles. The summed E-state index contributed by atoms with van der Waals surface area (Å²) in [6.45, 7) is 13.6. The molecule has 1 fully saturated rings. The molecule has 1 aliphatic heterocycles. The van der Waals surface area contributed by atoms with E-state index >= 15 is 0 Å². The van der Waals surface area contributed by atoms with E-state index in [1.807, 2.05) is 49.4 Å². The van der Waals surface area contributed by atoms with Crippen molar-refractivity contribution in [1.29, 1.82) is 0 Å². The molecule has 0 radical (unpaired) electrons. The summed E-state index contributed by atoms with van der Waals surface area (Å²) in [5.41, 5.74) is 3.72. The van der Waals surface area contributed by atoms with Crippen LogP contribution in [0.3, 0.4) is 0 Å². The second kappa shape index (κ2) is 8.32. The first-order valence-electron chi connectivity index (χ1n) is 10.8. The molecular formula is C25H35NO3SSi. The minimum atomic E-state index is -3.64. The summed E-state index contributed by atoms with van der Waals surface area (Å²) in [7, 11) is -5.57. The van der Waals surface area contributed by atoms with Gasteiger partial charge in [0.15, 0.2) is 0 Å². The molecule has 0 bridgehead atoms. The van der Waals surface area contributed by atoms with Gasteiger partial charge in [0, 0.05) is 13.1 Å². The van der Waals surface area contributed by atoms with Gasteiger partial charge in [-0.05, 0) is 41.7 Å². The molecule has 3 rings (SSSR count). The van der Waals surface area contributed by atoms with E-state index in [0.717, 1.165) is 16.7 Å². The van der Waals surface area contributed by atoms with Crippen molar-refractivity contribution in [3.05, 3.63) is 77.0 Å². The number of piperidine rings is 1. The largest absolute Gasteiger partial charge is 0.381 e. The zero-order chi connectivity index (χ0) is 23.1. The highest BCUT2D eigenvalue weighted by molar-refractivity contribution is 7.89. The SMILES string of the molecule is Cc1ccc(S(=O)(=O)N2CCC(O)(c3ccccc3)/C(=C/[Si](C)(C)C(C)(C)C)C2)cc1. The second-order valence-corrected chi connectivity index (χ2v) is 17.4. The Bertz CT molecular complexity index is 1050. The normalized spacial score (nSPS) is 22.6. The average Bonchev–Trinajstić information content (AvgIpc) is 2.69. The number of aliphatic hydroxyl groups is 1. The van der Waals surface area contributed by atoms with Crippen LogP contribution in [-0.4, -0.2) is 39.0 Å². The lowest BCUT2D eigenvalue weighted by atomic mass is 9.82. The predicted octanol–water partition coefficient (Wildman–Crippen LogP) is 5.25. The Balaban J connectivity index is 2.07. The summed E-state index contributed by atoms with van der Waals surface area (Å²) in [6, 6.07) is 16.6. The summed E-state index contributed by atoms with van der Waals surface area (Å²) in [4.78, 5) is 0.301. The van der Waals surface area contributed by atoms with E-state index in [-0.39, 0.29) is 18.1 Å². The first-order valence-corrected chi connectivity index (χ1v) is 15.4. The van der Waals surface area contributed by atoms with Crippen LogP contribution >= 0.6 is 0 Å². The van der Waals surface area contributed by atoms with Crippen LogP contribution in [0, 0.1) is 6.92 Å². The summed E-state index contributed by atoms with van der Waals surface area (Å²) in [6.07, 6.45) is 0.336. The topological polar surface area (TPSA) is 57.6 Å². The summed E-state index contributed by atoms with van der Waals surface area (Å²) >= 11 is 0.